The topological polar surface area (TPSA) is 6.48 Å². The summed E-state index contributed by atoms with van der Waals surface area (Å²) in [6.07, 6.45) is 3.07. The molecule has 2 atom stereocenters. The molecule has 3 aliphatic carbocycles. The van der Waals surface area contributed by atoms with E-state index in [1.807, 2.05) is 0 Å². The molecule has 6 aromatic rings. The summed E-state index contributed by atoms with van der Waals surface area (Å²) in [5.74, 6) is 0. The molecule has 0 aliphatic heterocycles. The number of anilines is 4. The van der Waals surface area contributed by atoms with Crippen LogP contribution in [0.3, 0.4) is 0 Å². The van der Waals surface area contributed by atoms with Crippen molar-refractivity contribution in [3.63, 3.8) is 0 Å². The van der Waals surface area contributed by atoms with Gasteiger partial charge in [-0.25, -0.2) is 0 Å². The molecule has 0 amide bonds. The van der Waals surface area contributed by atoms with Crippen LogP contribution in [0, 0.1) is 55.4 Å². The Kier molecular flexibility index (Phi) is 8.13. The average molecular weight is 735 g/mol. The zero-order valence-corrected chi connectivity index (χ0v) is 35.8. The second-order valence-corrected chi connectivity index (χ2v) is 18.2. The van der Waals surface area contributed by atoms with Gasteiger partial charge in [0.15, 0.2) is 0 Å². The van der Waals surface area contributed by atoms with Crippen molar-refractivity contribution in [2.45, 2.75) is 119 Å². The van der Waals surface area contributed by atoms with Crippen LogP contribution in [0.5, 0.6) is 0 Å². The van der Waals surface area contributed by atoms with Gasteiger partial charge < -0.3 is 9.80 Å². The highest BCUT2D eigenvalue weighted by molar-refractivity contribution is 5.89. The molecular weight excluding hydrogens is 677 g/mol. The first-order valence-corrected chi connectivity index (χ1v) is 20.9. The van der Waals surface area contributed by atoms with Gasteiger partial charge in [0.25, 0.3) is 0 Å². The summed E-state index contributed by atoms with van der Waals surface area (Å²) >= 11 is 0. The lowest BCUT2D eigenvalue weighted by molar-refractivity contribution is 0.361. The molecule has 2 nitrogen and oxygen atoms in total. The first kappa shape index (κ1) is 36.6. The minimum Gasteiger partial charge on any atom is -0.330 e. The fourth-order valence-corrected chi connectivity index (χ4v) is 11.4. The molecule has 0 bridgehead atoms. The average Bonchev–Trinajstić information content (AvgIpc) is 3.72. The van der Waals surface area contributed by atoms with Crippen molar-refractivity contribution in [3.8, 4) is 11.1 Å². The lowest BCUT2D eigenvalue weighted by Crippen LogP contribution is -2.52. The Balaban J connectivity index is 1.19. The highest BCUT2D eigenvalue weighted by Crippen LogP contribution is 2.64. The van der Waals surface area contributed by atoms with Crippen LogP contribution in [0.25, 0.3) is 11.1 Å². The third-order valence-electron chi connectivity index (χ3n) is 14.1. The summed E-state index contributed by atoms with van der Waals surface area (Å²) in [5, 5.41) is 0. The van der Waals surface area contributed by atoms with Crippen LogP contribution in [-0.4, -0.2) is 0 Å². The Bertz CT molecular complexity index is 2540. The fourth-order valence-electron chi connectivity index (χ4n) is 11.4. The lowest BCUT2D eigenvalue weighted by atomic mass is 9.65. The monoisotopic (exact) mass is 734 g/mol. The van der Waals surface area contributed by atoms with Crippen LogP contribution in [0.1, 0.15) is 118 Å². The van der Waals surface area contributed by atoms with E-state index in [9.17, 15) is 0 Å². The van der Waals surface area contributed by atoms with Crippen molar-refractivity contribution < 1.29 is 0 Å². The maximum Gasteiger partial charge on any atom is 0.0960 e. The standard InChI is InChI=1S/C54H58N2/c1-13-53(55(41-19-15-32(3)16-20-41)50-36(7)23-34(5)24-37(50)8)31-40-27-43-44-28-48-49(30-47(44)52(11,12)46(43)29-45(40)53)54(48,14-2)56(42-21-17-33(4)18-22-42)51-38(9)25-35(6)26-39(51)10/h15-30H,13-14,31H2,1-12H3. The van der Waals surface area contributed by atoms with Crippen molar-refractivity contribution in [1.82, 2.24) is 0 Å². The molecule has 0 spiro atoms. The van der Waals surface area contributed by atoms with Crippen molar-refractivity contribution in [3.05, 3.63) is 175 Å². The van der Waals surface area contributed by atoms with Crippen molar-refractivity contribution in [2.75, 3.05) is 9.80 Å². The second-order valence-electron chi connectivity index (χ2n) is 18.2. The zero-order valence-electron chi connectivity index (χ0n) is 35.8. The van der Waals surface area contributed by atoms with Gasteiger partial charge in [0.05, 0.1) is 11.1 Å². The number of benzene rings is 6. The molecular formula is C54H58N2. The summed E-state index contributed by atoms with van der Waals surface area (Å²) in [7, 11) is 0. The van der Waals surface area contributed by atoms with Crippen molar-refractivity contribution in [2.24, 2.45) is 0 Å². The molecule has 0 saturated carbocycles. The predicted molar refractivity (Wildman–Crippen MR) is 239 cm³/mol. The van der Waals surface area contributed by atoms with Crippen LogP contribution in [0.4, 0.5) is 22.7 Å². The Labute approximate surface area is 336 Å². The highest BCUT2D eigenvalue weighted by Gasteiger charge is 2.57. The smallest absolute Gasteiger partial charge is 0.0960 e. The Morgan fingerprint density at radius 2 is 0.875 bits per heavy atom. The largest absolute Gasteiger partial charge is 0.330 e. The van der Waals surface area contributed by atoms with E-state index in [0.29, 0.717) is 0 Å². The molecule has 2 heteroatoms. The van der Waals surface area contributed by atoms with Gasteiger partial charge in [-0.05, 0) is 165 Å². The molecule has 56 heavy (non-hydrogen) atoms. The van der Waals surface area contributed by atoms with Crippen LogP contribution in [-0.2, 0) is 22.9 Å². The molecule has 284 valence electrons. The maximum atomic E-state index is 2.71. The molecule has 0 heterocycles. The van der Waals surface area contributed by atoms with E-state index in [4.69, 9.17) is 0 Å². The third kappa shape index (κ3) is 5.00. The van der Waals surface area contributed by atoms with Crippen LogP contribution >= 0.6 is 0 Å². The van der Waals surface area contributed by atoms with Gasteiger partial charge in [-0.15, -0.1) is 0 Å². The summed E-state index contributed by atoms with van der Waals surface area (Å²) in [6, 6.07) is 38.3. The molecule has 2 unspecified atom stereocenters. The molecule has 0 N–H and O–H groups in total. The Morgan fingerprint density at radius 1 is 0.446 bits per heavy atom. The summed E-state index contributed by atoms with van der Waals surface area (Å²) < 4.78 is 0. The Hall–Kier alpha value is -5.08. The van der Waals surface area contributed by atoms with Gasteiger partial charge in [-0.1, -0.05) is 117 Å². The minimum absolute atomic E-state index is 0.124. The molecule has 0 radical (unpaired) electrons. The highest BCUT2D eigenvalue weighted by atomic mass is 15.2. The van der Waals surface area contributed by atoms with Crippen molar-refractivity contribution in [1.29, 1.82) is 0 Å². The van der Waals surface area contributed by atoms with E-state index in [1.165, 1.54) is 112 Å². The molecule has 0 aromatic heterocycles. The molecule has 9 rings (SSSR count). The Morgan fingerprint density at radius 3 is 1.36 bits per heavy atom. The van der Waals surface area contributed by atoms with Gasteiger partial charge in [-0.3, -0.25) is 0 Å². The lowest BCUT2D eigenvalue weighted by Gasteiger charge is -2.54. The van der Waals surface area contributed by atoms with Gasteiger partial charge >= 0.3 is 0 Å². The molecule has 3 aliphatic rings. The van der Waals surface area contributed by atoms with Crippen LogP contribution < -0.4 is 9.80 Å². The molecule has 6 aromatic carbocycles. The molecule has 0 fully saturated rings. The fraction of sp³-hybridized carbons (Fsp3) is 0.333. The minimum atomic E-state index is -0.184. The summed E-state index contributed by atoms with van der Waals surface area (Å²) in [6.45, 7) is 27.7. The second kappa shape index (κ2) is 12.5. The van der Waals surface area contributed by atoms with E-state index >= 15 is 0 Å². The quantitative estimate of drug-likeness (QED) is 0.154. The number of nitrogens with zero attached hydrogens (tertiary/aromatic N) is 2. The van der Waals surface area contributed by atoms with E-state index in [1.54, 1.807) is 0 Å². The van der Waals surface area contributed by atoms with Crippen LogP contribution in [0.2, 0.25) is 0 Å². The maximum absolute atomic E-state index is 2.71. The van der Waals surface area contributed by atoms with Crippen molar-refractivity contribution >= 4 is 22.7 Å². The van der Waals surface area contributed by atoms with E-state index < -0.39 is 0 Å². The first-order valence-electron chi connectivity index (χ1n) is 20.9. The molecule has 0 saturated heterocycles. The number of rotatable bonds is 8. The van der Waals surface area contributed by atoms with E-state index in [-0.39, 0.29) is 16.5 Å². The first-order chi connectivity index (χ1) is 26.7. The van der Waals surface area contributed by atoms with Crippen LogP contribution in [0.15, 0.2) is 97.1 Å². The summed E-state index contributed by atoms with van der Waals surface area (Å²) in [4.78, 5) is 5.40. The van der Waals surface area contributed by atoms with E-state index in [2.05, 4.69) is 190 Å². The number of hydrogen-bond donors (Lipinski definition) is 0. The zero-order chi connectivity index (χ0) is 39.6. The van der Waals surface area contributed by atoms with Gasteiger partial charge in [0, 0.05) is 34.6 Å². The third-order valence-corrected chi connectivity index (χ3v) is 14.1. The predicted octanol–water partition coefficient (Wildman–Crippen LogP) is 14.3. The van der Waals surface area contributed by atoms with E-state index in [0.717, 1.165) is 19.3 Å². The van der Waals surface area contributed by atoms with Gasteiger partial charge in [-0.2, -0.15) is 0 Å². The number of fused-ring (bicyclic) bond motifs is 5. The normalized spacial score (nSPS) is 19.4. The summed E-state index contributed by atoms with van der Waals surface area (Å²) in [5.41, 5.74) is 27.1. The number of aryl methyl sites for hydroxylation is 8. The van der Waals surface area contributed by atoms with Gasteiger partial charge in [0.2, 0.25) is 0 Å². The SMILES string of the molecule is CCC1(N(c2ccc(C)cc2)c2c(C)cc(C)cc2C)Cc2cc3c(cc21)C(C)(C)c1cc2c(cc1-3)C2(CC)N(c1ccc(C)cc1)c1c(C)cc(C)cc1C. The number of hydrogen-bond acceptors (Lipinski definition) is 2. The van der Waals surface area contributed by atoms with Gasteiger partial charge in [0.1, 0.15) is 0 Å².